The van der Waals surface area contributed by atoms with E-state index in [4.69, 9.17) is 34.5 Å². The van der Waals surface area contributed by atoms with E-state index in [-0.39, 0.29) is 90.2 Å². The summed E-state index contributed by atoms with van der Waals surface area (Å²) in [6, 6.07) is 11.0. The van der Waals surface area contributed by atoms with Crippen molar-refractivity contribution in [1.29, 1.82) is 0 Å². The van der Waals surface area contributed by atoms with Crippen molar-refractivity contribution in [2.24, 2.45) is 22.9 Å². The highest BCUT2D eigenvalue weighted by Gasteiger charge is 2.27. The molecule has 0 atom stereocenters. The second kappa shape index (κ2) is 16.9. The van der Waals surface area contributed by atoms with Gasteiger partial charge in [-0.3, -0.25) is 19.2 Å². The molecule has 19 nitrogen and oxygen atoms in total. The van der Waals surface area contributed by atoms with Crippen molar-refractivity contribution in [3.05, 3.63) is 53.8 Å². The predicted molar refractivity (Wildman–Crippen MR) is 177 cm³/mol. The quantitative estimate of drug-likeness (QED) is 0.0852. The maximum absolute atomic E-state index is 13.4. The van der Waals surface area contributed by atoms with E-state index in [1.165, 1.54) is 48.5 Å². The Labute approximate surface area is 286 Å². The first-order valence-electron chi connectivity index (χ1n) is 14.3. The van der Waals surface area contributed by atoms with Crippen LogP contribution in [0.3, 0.4) is 0 Å². The number of carbonyl (C=O) groups excluding carboxylic acids is 4. The third-order valence-electron chi connectivity index (χ3n) is 6.49. The Morgan fingerprint density at radius 2 is 0.918 bits per heavy atom. The minimum absolute atomic E-state index is 0.121. The number of rotatable bonds is 20. The number of halogens is 1. The Hall–Kier alpha value is -4.96. The Bertz CT molecular complexity index is 1760. The lowest BCUT2D eigenvalue weighted by molar-refractivity contribution is -0.119. The number of carbonyl (C=O) groups is 4. The number of sulfonamides is 2. The Balaban J connectivity index is 1.85. The second-order valence-corrected chi connectivity index (χ2v) is 14.4. The summed E-state index contributed by atoms with van der Waals surface area (Å²) in [6.45, 7) is -1.10. The van der Waals surface area contributed by atoms with Crippen molar-refractivity contribution >= 4 is 78.5 Å². The van der Waals surface area contributed by atoms with Crippen LogP contribution in [-0.4, -0.2) is 90.2 Å². The monoisotopic (exact) mass is 739 g/mol. The van der Waals surface area contributed by atoms with Gasteiger partial charge in [-0.25, -0.2) is 16.8 Å². The summed E-state index contributed by atoms with van der Waals surface area (Å²) in [5.74, 6) is -3.18. The van der Waals surface area contributed by atoms with Gasteiger partial charge in [0, 0.05) is 63.2 Å². The number of hydrogen-bond donors (Lipinski definition) is 6. The first-order chi connectivity index (χ1) is 23.0. The minimum Gasteiger partial charge on any atom is -0.370 e. The third kappa shape index (κ3) is 11.6. The summed E-state index contributed by atoms with van der Waals surface area (Å²) in [6.07, 6.45) is -1.14. The van der Waals surface area contributed by atoms with Crippen LogP contribution in [0.1, 0.15) is 25.7 Å². The van der Waals surface area contributed by atoms with Crippen molar-refractivity contribution in [3.63, 3.8) is 0 Å². The lowest BCUT2D eigenvalue weighted by Crippen LogP contribution is -2.36. The van der Waals surface area contributed by atoms with Crippen molar-refractivity contribution in [1.82, 2.24) is 23.6 Å². The molecule has 1 aromatic heterocycles. The number of hydrogen-bond acceptors (Lipinski definition) is 13. The van der Waals surface area contributed by atoms with Crippen LogP contribution < -0.4 is 33.6 Å². The zero-order chi connectivity index (χ0) is 36.4. The van der Waals surface area contributed by atoms with Crippen molar-refractivity contribution in [2.45, 2.75) is 35.5 Å². The standard InChI is InChI=1S/C27H34ClN11O8S2/c28-25-35-26(33-17-3-1-5-19(15-17)48(44,45)38(11-7-21(29)40)12-8-22(30)41)37-27(36-25)34-18-4-2-6-20(16-18)49(46,47)39(13-9-23(31)42)14-10-24(32)43/h1-6,15-16H,7-14H2,(H2,29,40)(H2,30,41)(H2,31,42)(H2,32,43)(H2,33,34,35,36,37). The molecule has 0 saturated heterocycles. The van der Waals surface area contributed by atoms with Gasteiger partial charge >= 0.3 is 0 Å². The van der Waals surface area contributed by atoms with Gasteiger partial charge in [-0.1, -0.05) is 12.1 Å². The number of amides is 4. The van der Waals surface area contributed by atoms with Gasteiger partial charge in [-0.15, -0.1) is 0 Å². The number of nitrogens with one attached hydrogen (secondary N) is 2. The first-order valence-corrected chi connectivity index (χ1v) is 17.5. The summed E-state index contributed by atoms with van der Waals surface area (Å²) in [4.78, 5) is 57.1. The predicted octanol–water partition coefficient (Wildman–Crippen LogP) is -0.505. The van der Waals surface area contributed by atoms with Crippen LogP contribution in [0.4, 0.5) is 23.3 Å². The largest absolute Gasteiger partial charge is 0.370 e. The molecule has 0 aliphatic rings. The van der Waals surface area contributed by atoms with Gasteiger partial charge in [-0.05, 0) is 48.0 Å². The number of anilines is 4. The van der Waals surface area contributed by atoms with Crippen LogP contribution in [0.15, 0.2) is 58.3 Å². The van der Waals surface area contributed by atoms with Crippen LogP contribution >= 0.6 is 11.6 Å². The highest BCUT2D eigenvalue weighted by molar-refractivity contribution is 7.89. The molecule has 264 valence electrons. The summed E-state index contributed by atoms with van der Waals surface area (Å²) in [5.41, 5.74) is 21.2. The molecule has 2 aromatic carbocycles. The lowest BCUT2D eigenvalue weighted by atomic mass is 10.3. The molecular formula is C27H34ClN11O8S2. The van der Waals surface area contributed by atoms with Gasteiger partial charge in [0.25, 0.3) is 0 Å². The fourth-order valence-electron chi connectivity index (χ4n) is 4.13. The normalized spacial score (nSPS) is 11.7. The molecule has 3 aromatic rings. The molecule has 0 radical (unpaired) electrons. The van der Waals surface area contributed by atoms with E-state index >= 15 is 0 Å². The van der Waals surface area contributed by atoms with E-state index in [1.807, 2.05) is 0 Å². The molecular weight excluding hydrogens is 706 g/mol. The number of nitrogens with zero attached hydrogens (tertiary/aromatic N) is 5. The highest BCUT2D eigenvalue weighted by Crippen LogP contribution is 2.25. The SMILES string of the molecule is NC(=O)CCN(CCC(N)=O)S(=O)(=O)c1cccc(Nc2nc(Cl)nc(Nc3cccc(S(=O)(=O)N(CCC(N)=O)CCC(N)=O)c3)n2)c1. The molecule has 4 amide bonds. The van der Waals surface area contributed by atoms with E-state index in [0.717, 1.165) is 8.61 Å². The van der Waals surface area contributed by atoms with Crippen LogP contribution in [0.2, 0.25) is 5.28 Å². The summed E-state index contributed by atoms with van der Waals surface area (Å²) in [5, 5.41) is 5.37. The average Bonchev–Trinajstić information content (AvgIpc) is 3.00. The molecule has 0 fully saturated rings. The second-order valence-electron chi connectivity index (χ2n) is 10.2. The Morgan fingerprint density at radius 1 is 0.592 bits per heavy atom. The van der Waals surface area contributed by atoms with E-state index in [9.17, 15) is 36.0 Å². The van der Waals surface area contributed by atoms with Crippen molar-refractivity contribution < 1.29 is 36.0 Å². The number of aromatic nitrogens is 3. The summed E-state index contributed by atoms with van der Waals surface area (Å²) < 4.78 is 55.4. The molecule has 0 saturated carbocycles. The van der Waals surface area contributed by atoms with Gasteiger partial charge < -0.3 is 33.6 Å². The van der Waals surface area contributed by atoms with Crippen LogP contribution in [0.5, 0.6) is 0 Å². The van der Waals surface area contributed by atoms with Crippen LogP contribution in [0, 0.1) is 0 Å². The zero-order valence-electron chi connectivity index (χ0n) is 25.8. The van der Waals surface area contributed by atoms with Gasteiger partial charge in [-0.2, -0.15) is 23.6 Å². The smallest absolute Gasteiger partial charge is 0.243 e. The maximum atomic E-state index is 13.4. The van der Waals surface area contributed by atoms with E-state index in [0.29, 0.717) is 0 Å². The fraction of sp³-hybridized carbons (Fsp3) is 0.296. The average molecular weight is 740 g/mol. The molecule has 0 spiro atoms. The molecule has 10 N–H and O–H groups in total. The minimum atomic E-state index is -4.21. The fourth-order valence-corrected chi connectivity index (χ4v) is 7.27. The van der Waals surface area contributed by atoms with E-state index in [2.05, 4.69) is 25.6 Å². The summed E-state index contributed by atoms with van der Waals surface area (Å²) >= 11 is 6.12. The van der Waals surface area contributed by atoms with E-state index in [1.54, 1.807) is 0 Å². The third-order valence-corrected chi connectivity index (χ3v) is 10.5. The lowest BCUT2D eigenvalue weighted by Gasteiger charge is -2.21. The zero-order valence-corrected chi connectivity index (χ0v) is 28.2. The number of benzene rings is 2. The van der Waals surface area contributed by atoms with Gasteiger partial charge in [0.05, 0.1) is 9.79 Å². The molecule has 0 aliphatic carbocycles. The molecule has 22 heteroatoms. The summed E-state index contributed by atoms with van der Waals surface area (Å²) in [7, 11) is -8.43. The molecule has 3 rings (SSSR count). The van der Waals surface area contributed by atoms with E-state index < -0.39 is 43.7 Å². The van der Waals surface area contributed by atoms with Crippen molar-refractivity contribution in [2.75, 3.05) is 36.8 Å². The topological polar surface area (TPSA) is 310 Å². The Kier molecular flexibility index (Phi) is 13.3. The van der Waals surface area contributed by atoms with Gasteiger partial charge in [0.2, 0.25) is 60.9 Å². The van der Waals surface area contributed by atoms with Gasteiger partial charge in [0.1, 0.15) is 0 Å². The highest BCUT2D eigenvalue weighted by atomic mass is 35.5. The van der Waals surface area contributed by atoms with Gasteiger partial charge in [0.15, 0.2) is 0 Å². The first kappa shape index (κ1) is 38.5. The van der Waals surface area contributed by atoms with Crippen LogP contribution in [-0.2, 0) is 39.2 Å². The number of primary amides is 4. The Morgan fingerprint density at radius 3 is 1.22 bits per heavy atom. The van der Waals surface area contributed by atoms with Crippen LogP contribution in [0.25, 0.3) is 0 Å². The number of nitrogens with two attached hydrogens (primary N) is 4. The molecule has 0 aliphatic heterocycles. The molecule has 49 heavy (non-hydrogen) atoms. The molecule has 0 bridgehead atoms. The molecule has 1 heterocycles. The molecule has 0 unspecified atom stereocenters. The van der Waals surface area contributed by atoms with Crippen molar-refractivity contribution in [3.8, 4) is 0 Å². The maximum Gasteiger partial charge on any atom is 0.243 e.